The van der Waals surface area contributed by atoms with Crippen molar-refractivity contribution in [3.63, 3.8) is 0 Å². The van der Waals surface area contributed by atoms with E-state index in [9.17, 15) is 5.11 Å². The molecular weight excluding hydrogens is 402 g/mol. The molecule has 8 heteroatoms. The Labute approximate surface area is 181 Å². The highest BCUT2D eigenvalue weighted by Gasteiger charge is 2.07. The smallest absolute Gasteiger partial charge is 0.229 e. The van der Waals surface area contributed by atoms with E-state index >= 15 is 0 Å². The van der Waals surface area contributed by atoms with Gasteiger partial charge in [0.05, 0.1) is 10.7 Å². The van der Waals surface area contributed by atoms with Crippen molar-refractivity contribution in [2.45, 2.75) is 13.0 Å². The molecular formula is C22H26ClN5O2. The molecule has 0 amide bonds. The topological polar surface area (TPSA) is 82.5 Å². The van der Waals surface area contributed by atoms with Crippen molar-refractivity contribution in [2.24, 2.45) is 0 Å². The first kappa shape index (κ1) is 21.8. The van der Waals surface area contributed by atoms with Gasteiger partial charge in [-0.2, -0.15) is 4.98 Å². The van der Waals surface area contributed by atoms with Gasteiger partial charge in [0.15, 0.2) is 0 Å². The van der Waals surface area contributed by atoms with Gasteiger partial charge in [0.1, 0.15) is 24.3 Å². The zero-order chi connectivity index (χ0) is 21.5. The van der Waals surface area contributed by atoms with Crippen LogP contribution in [-0.4, -0.2) is 53.3 Å². The fourth-order valence-electron chi connectivity index (χ4n) is 2.79. The van der Waals surface area contributed by atoms with Crippen molar-refractivity contribution in [2.75, 3.05) is 37.9 Å². The Hall–Kier alpha value is -2.87. The van der Waals surface area contributed by atoms with Crippen LogP contribution in [0.5, 0.6) is 5.75 Å². The number of aliphatic hydroxyl groups excluding tert-OH is 1. The van der Waals surface area contributed by atoms with Gasteiger partial charge in [0.2, 0.25) is 5.95 Å². The number of aromatic nitrogens is 2. The van der Waals surface area contributed by atoms with E-state index in [4.69, 9.17) is 16.3 Å². The highest BCUT2D eigenvalue weighted by molar-refractivity contribution is 6.33. The van der Waals surface area contributed by atoms with Crippen molar-refractivity contribution >= 4 is 34.7 Å². The second kappa shape index (κ2) is 10.2. The molecule has 1 heterocycles. The molecule has 3 N–H and O–H groups in total. The Morgan fingerprint density at radius 2 is 1.87 bits per heavy atom. The molecule has 1 aromatic heterocycles. The number of aryl methyl sites for hydroxylation is 1. The molecule has 0 aliphatic rings. The SMILES string of the molecule is Cc1ccc(Cl)c(Nc2ccnc(Nc3ccc(OCC(O)CN(C)C)cc3)n2)c1. The van der Waals surface area contributed by atoms with Gasteiger partial charge in [-0.15, -0.1) is 0 Å². The van der Waals surface area contributed by atoms with Crippen LogP contribution in [0.3, 0.4) is 0 Å². The minimum absolute atomic E-state index is 0.239. The van der Waals surface area contributed by atoms with Gasteiger partial charge in [-0.25, -0.2) is 4.98 Å². The molecule has 2 aromatic carbocycles. The van der Waals surface area contributed by atoms with Crippen LogP contribution in [0, 0.1) is 6.92 Å². The summed E-state index contributed by atoms with van der Waals surface area (Å²) >= 11 is 6.25. The van der Waals surface area contributed by atoms with Gasteiger partial charge in [-0.05, 0) is 69.0 Å². The van der Waals surface area contributed by atoms with Gasteiger partial charge >= 0.3 is 0 Å². The number of hydrogen-bond donors (Lipinski definition) is 3. The van der Waals surface area contributed by atoms with E-state index in [1.807, 2.05) is 68.4 Å². The molecule has 0 aliphatic heterocycles. The lowest BCUT2D eigenvalue weighted by Crippen LogP contribution is -2.30. The Balaban J connectivity index is 1.60. The van der Waals surface area contributed by atoms with E-state index in [0.29, 0.717) is 29.1 Å². The summed E-state index contributed by atoms with van der Waals surface area (Å²) in [5, 5.41) is 16.9. The van der Waals surface area contributed by atoms with E-state index in [-0.39, 0.29) is 6.61 Å². The number of hydrogen-bond acceptors (Lipinski definition) is 7. The first-order valence-electron chi connectivity index (χ1n) is 9.58. The summed E-state index contributed by atoms with van der Waals surface area (Å²) in [6.45, 7) is 2.79. The van der Waals surface area contributed by atoms with Gasteiger partial charge in [0, 0.05) is 18.4 Å². The maximum atomic E-state index is 9.88. The third-order valence-electron chi connectivity index (χ3n) is 4.17. The molecule has 0 bridgehead atoms. The number of nitrogens with zero attached hydrogens (tertiary/aromatic N) is 3. The third-order valence-corrected chi connectivity index (χ3v) is 4.50. The lowest BCUT2D eigenvalue weighted by molar-refractivity contribution is 0.0831. The summed E-state index contributed by atoms with van der Waals surface area (Å²) in [6, 6.07) is 15.0. The first-order chi connectivity index (χ1) is 14.4. The van der Waals surface area contributed by atoms with Crippen LogP contribution in [0.1, 0.15) is 5.56 Å². The van der Waals surface area contributed by atoms with Gasteiger partial charge < -0.3 is 25.4 Å². The number of nitrogens with one attached hydrogen (secondary N) is 2. The standard InChI is InChI=1S/C22H26ClN5O2/c1-15-4-9-19(23)20(12-15)26-21-10-11-24-22(27-21)25-16-5-7-18(8-6-16)30-14-17(29)13-28(2)3/h4-12,17,29H,13-14H2,1-3H3,(H2,24,25,26,27). The Bertz CT molecular complexity index is 966. The van der Waals surface area contributed by atoms with Crippen molar-refractivity contribution in [1.82, 2.24) is 14.9 Å². The maximum Gasteiger partial charge on any atom is 0.229 e. The fraction of sp³-hybridized carbons (Fsp3) is 0.273. The number of benzene rings is 2. The normalized spacial score (nSPS) is 11.9. The predicted octanol–water partition coefficient (Wildman–Crippen LogP) is 4.23. The highest BCUT2D eigenvalue weighted by Crippen LogP contribution is 2.26. The van der Waals surface area contributed by atoms with Crippen molar-refractivity contribution in [1.29, 1.82) is 0 Å². The summed E-state index contributed by atoms with van der Waals surface area (Å²) in [5.41, 5.74) is 2.71. The van der Waals surface area contributed by atoms with Crippen LogP contribution in [0.25, 0.3) is 0 Å². The highest BCUT2D eigenvalue weighted by atomic mass is 35.5. The molecule has 1 unspecified atom stereocenters. The second-order valence-corrected chi connectivity index (χ2v) is 7.66. The number of rotatable bonds is 9. The minimum Gasteiger partial charge on any atom is -0.491 e. The van der Waals surface area contributed by atoms with E-state index in [1.165, 1.54) is 0 Å². The van der Waals surface area contributed by atoms with E-state index < -0.39 is 6.10 Å². The molecule has 1 atom stereocenters. The average molecular weight is 428 g/mol. The fourth-order valence-corrected chi connectivity index (χ4v) is 2.96. The van der Waals surface area contributed by atoms with E-state index in [1.54, 1.807) is 12.3 Å². The van der Waals surface area contributed by atoms with Crippen LogP contribution in [0.15, 0.2) is 54.7 Å². The monoisotopic (exact) mass is 427 g/mol. The second-order valence-electron chi connectivity index (χ2n) is 7.25. The predicted molar refractivity (Wildman–Crippen MR) is 121 cm³/mol. The molecule has 3 rings (SSSR count). The largest absolute Gasteiger partial charge is 0.491 e. The molecule has 0 fully saturated rings. The molecule has 0 aliphatic carbocycles. The van der Waals surface area contributed by atoms with Crippen molar-refractivity contribution < 1.29 is 9.84 Å². The first-order valence-corrected chi connectivity index (χ1v) is 9.96. The number of halogens is 1. The van der Waals surface area contributed by atoms with Gasteiger partial charge in [0.25, 0.3) is 0 Å². The summed E-state index contributed by atoms with van der Waals surface area (Å²) in [5.74, 6) is 1.78. The van der Waals surface area contributed by atoms with Crippen molar-refractivity contribution in [3.8, 4) is 5.75 Å². The average Bonchev–Trinajstić information content (AvgIpc) is 2.70. The van der Waals surface area contributed by atoms with E-state index in [2.05, 4.69) is 20.6 Å². The lowest BCUT2D eigenvalue weighted by Gasteiger charge is -2.16. The van der Waals surface area contributed by atoms with Crippen LogP contribution < -0.4 is 15.4 Å². The van der Waals surface area contributed by atoms with Crippen molar-refractivity contribution in [3.05, 3.63) is 65.3 Å². The van der Waals surface area contributed by atoms with Gasteiger partial charge in [-0.1, -0.05) is 17.7 Å². The van der Waals surface area contributed by atoms with Crippen LogP contribution in [0.2, 0.25) is 5.02 Å². The summed E-state index contributed by atoms with van der Waals surface area (Å²) in [4.78, 5) is 10.7. The summed E-state index contributed by atoms with van der Waals surface area (Å²) < 4.78 is 5.62. The Morgan fingerprint density at radius 1 is 1.10 bits per heavy atom. The zero-order valence-electron chi connectivity index (χ0n) is 17.3. The van der Waals surface area contributed by atoms with Crippen LogP contribution >= 0.6 is 11.6 Å². The number of aliphatic hydroxyl groups is 1. The molecule has 7 nitrogen and oxygen atoms in total. The molecule has 30 heavy (non-hydrogen) atoms. The zero-order valence-corrected chi connectivity index (χ0v) is 18.0. The van der Waals surface area contributed by atoms with Crippen LogP contribution in [-0.2, 0) is 0 Å². The molecule has 0 radical (unpaired) electrons. The molecule has 158 valence electrons. The molecule has 3 aromatic rings. The van der Waals surface area contributed by atoms with Gasteiger partial charge in [-0.3, -0.25) is 0 Å². The number of ether oxygens (including phenoxy) is 1. The summed E-state index contributed by atoms with van der Waals surface area (Å²) in [6.07, 6.45) is 1.13. The molecule has 0 saturated carbocycles. The Morgan fingerprint density at radius 3 is 2.60 bits per heavy atom. The van der Waals surface area contributed by atoms with Crippen LogP contribution in [0.4, 0.5) is 23.1 Å². The Kier molecular flexibility index (Phi) is 7.46. The summed E-state index contributed by atoms with van der Waals surface area (Å²) in [7, 11) is 3.82. The number of anilines is 4. The van der Waals surface area contributed by atoms with E-state index in [0.717, 1.165) is 16.9 Å². The molecule has 0 saturated heterocycles. The quantitative estimate of drug-likeness (QED) is 0.471. The minimum atomic E-state index is -0.539. The third kappa shape index (κ3) is 6.59. The maximum absolute atomic E-state index is 9.88. The number of likely N-dealkylation sites (N-methyl/N-ethyl adjacent to an activating group) is 1. The lowest BCUT2D eigenvalue weighted by atomic mass is 10.2. The molecule has 0 spiro atoms.